The van der Waals surface area contributed by atoms with E-state index in [9.17, 15) is 9.59 Å². The first kappa shape index (κ1) is 19.3. The van der Waals surface area contributed by atoms with Crippen molar-refractivity contribution in [3.63, 3.8) is 0 Å². The summed E-state index contributed by atoms with van der Waals surface area (Å²) in [5.41, 5.74) is 3.20. The van der Waals surface area contributed by atoms with Crippen LogP contribution in [0.3, 0.4) is 0 Å². The maximum atomic E-state index is 13.3. The fourth-order valence-corrected chi connectivity index (χ4v) is 4.60. The van der Waals surface area contributed by atoms with Gasteiger partial charge in [0, 0.05) is 0 Å². The molecular formula is C23H20N4O3S. The molecule has 0 amide bonds. The van der Waals surface area contributed by atoms with E-state index < -0.39 is 0 Å². The molecule has 3 aromatic heterocycles. The summed E-state index contributed by atoms with van der Waals surface area (Å²) < 4.78 is 10.3. The number of hydrogen-bond acceptors (Lipinski definition) is 5. The Hall–Kier alpha value is -3.65. The van der Waals surface area contributed by atoms with Crippen molar-refractivity contribution in [3.8, 4) is 5.75 Å². The molecule has 0 bridgehead atoms. The van der Waals surface area contributed by atoms with E-state index in [0.717, 1.165) is 22.4 Å². The van der Waals surface area contributed by atoms with E-state index in [1.807, 2.05) is 60.8 Å². The highest BCUT2D eigenvalue weighted by molar-refractivity contribution is 7.17. The molecule has 0 atom stereocenters. The molecule has 7 nitrogen and oxygen atoms in total. The fourth-order valence-electron chi connectivity index (χ4n) is 3.78. The number of ether oxygens (including phenoxy) is 1. The average molecular weight is 433 g/mol. The predicted octanol–water partition coefficient (Wildman–Crippen LogP) is 3.29. The first-order valence-electron chi connectivity index (χ1n) is 9.83. The lowest BCUT2D eigenvalue weighted by molar-refractivity contribution is 0.414. The number of benzene rings is 2. The van der Waals surface area contributed by atoms with Gasteiger partial charge in [0.2, 0.25) is 5.78 Å². The minimum Gasteiger partial charge on any atom is -0.497 e. The summed E-state index contributed by atoms with van der Waals surface area (Å²) >= 11 is 1.33. The van der Waals surface area contributed by atoms with Gasteiger partial charge in [-0.2, -0.15) is 0 Å². The predicted molar refractivity (Wildman–Crippen MR) is 121 cm³/mol. The van der Waals surface area contributed by atoms with Crippen molar-refractivity contribution in [2.75, 3.05) is 7.11 Å². The number of thiophene rings is 1. The molecule has 0 N–H and O–H groups in total. The van der Waals surface area contributed by atoms with Crippen LogP contribution < -0.4 is 16.0 Å². The van der Waals surface area contributed by atoms with Gasteiger partial charge in [-0.15, -0.1) is 16.4 Å². The summed E-state index contributed by atoms with van der Waals surface area (Å²) in [5, 5.41) is 6.39. The number of rotatable bonds is 5. The second-order valence-corrected chi connectivity index (χ2v) is 8.36. The molecule has 5 aromatic rings. The molecule has 0 saturated carbocycles. The minimum atomic E-state index is -0.261. The molecule has 31 heavy (non-hydrogen) atoms. The van der Waals surface area contributed by atoms with E-state index in [0.29, 0.717) is 29.1 Å². The Morgan fingerprint density at radius 3 is 2.55 bits per heavy atom. The zero-order chi connectivity index (χ0) is 21.5. The van der Waals surface area contributed by atoms with Crippen molar-refractivity contribution < 1.29 is 4.74 Å². The summed E-state index contributed by atoms with van der Waals surface area (Å²) in [6, 6.07) is 17.3. The van der Waals surface area contributed by atoms with Crippen LogP contribution in [0, 0.1) is 6.92 Å². The molecule has 0 unspecified atom stereocenters. The van der Waals surface area contributed by atoms with Gasteiger partial charge < -0.3 is 4.74 Å². The Morgan fingerprint density at radius 1 is 1.00 bits per heavy atom. The van der Waals surface area contributed by atoms with Crippen LogP contribution in [0.5, 0.6) is 5.75 Å². The van der Waals surface area contributed by atoms with E-state index in [4.69, 9.17) is 4.74 Å². The Bertz CT molecular complexity index is 1520. The molecule has 0 aliphatic heterocycles. The highest BCUT2D eigenvalue weighted by Gasteiger charge is 2.18. The molecule has 3 heterocycles. The molecule has 0 saturated heterocycles. The van der Waals surface area contributed by atoms with Gasteiger partial charge in [-0.05, 0) is 41.6 Å². The molecule has 5 rings (SSSR count). The zero-order valence-electron chi connectivity index (χ0n) is 17.1. The van der Waals surface area contributed by atoms with E-state index in [1.165, 1.54) is 20.4 Å². The topological polar surface area (TPSA) is 70.5 Å². The molecule has 0 aliphatic rings. The van der Waals surface area contributed by atoms with Gasteiger partial charge in [-0.3, -0.25) is 9.36 Å². The summed E-state index contributed by atoms with van der Waals surface area (Å²) in [6.45, 7) is 2.66. The SMILES string of the molecule is COc1ccc(Cn2c(=O)c3sccc3n3c(=O)n(Cc4cccc(C)c4)nc23)cc1. The lowest BCUT2D eigenvalue weighted by Gasteiger charge is -2.08. The lowest BCUT2D eigenvalue weighted by Crippen LogP contribution is -2.26. The maximum Gasteiger partial charge on any atom is 0.352 e. The lowest BCUT2D eigenvalue weighted by atomic mass is 10.1. The van der Waals surface area contributed by atoms with Crippen LogP contribution in [0.4, 0.5) is 0 Å². The third kappa shape index (κ3) is 3.34. The van der Waals surface area contributed by atoms with Crippen LogP contribution >= 0.6 is 11.3 Å². The van der Waals surface area contributed by atoms with Gasteiger partial charge in [0.05, 0.1) is 25.7 Å². The monoisotopic (exact) mass is 432 g/mol. The average Bonchev–Trinajstić information content (AvgIpc) is 3.37. The molecule has 0 spiro atoms. The van der Waals surface area contributed by atoms with Gasteiger partial charge in [-0.1, -0.05) is 42.0 Å². The van der Waals surface area contributed by atoms with Crippen molar-refractivity contribution in [2.45, 2.75) is 20.0 Å². The summed E-state index contributed by atoms with van der Waals surface area (Å²) in [4.78, 5) is 26.5. The minimum absolute atomic E-state index is 0.152. The first-order chi connectivity index (χ1) is 15.0. The van der Waals surface area contributed by atoms with E-state index in [1.54, 1.807) is 17.7 Å². The third-order valence-corrected chi connectivity index (χ3v) is 6.19. The largest absolute Gasteiger partial charge is 0.497 e. The van der Waals surface area contributed by atoms with Crippen LogP contribution in [-0.4, -0.2) is 25.9 Å². The Kier molecular flexibility index (Phi) is 4.71. The van der Waals surface area contributed by atoms with Crippen LogP contribution in [0.2, 0.25) is 0 Å². The van der Waals surface area contributed by atoms with Crippen molar-refractivity contribution in [3.05, 3.63) is 97.5 Å². The van der Waals surface area contributed by atoms with Crippen LogP contribution in [-0.2, 0) is 13.1 Å². The highest BCUT2D eigenvalue weighted by Crippen LogP contribution is 2.19. The second-order valence-electron chi connectivity index (χ2n) is 7.44. The molecular weight excluding hydrogens is 412 g/mol. The molecule has 0 fully saturated rings. The molecule has 0 aliphatic carbocycles. The van der Waals surface area contributed by atoms with E-state index >= 15 is 0 Å². The molecule has 0 radical (unpaired) electrons. The van der Waals surface area contributed by atoms with Gasteiger partial charge in [0.1, 0.15) is 10.4 Å². The van der Waals surface area contributed by atoms with Crippen molar-refractivity contribution in [1.29, 1.82) is 0 Å². The number of fused-ring (bicyclic) bond motifs is 3. The van der Waals surface area contributed by atoms with E-state index in [-0.39, 0.29) is 11.2 Å². The Balaban J connectivity index is 1.69. The van der Waals surface area contributed by atoms with Crippen molar-refractivity contribution >= 4 is 27.3 Å². The van der Waals surface area contributed by atoms with Gasteiger partial charge in [0.15, 0.2) is 0 Å². The number of aryl methyl sites for hydroxylation is 1. The smallest absolute Gasteiger partial charge is 0.352 e. The molecule has 8 heteroatoms. The standard InChI is InChI=1S/C23H20N4O3S/c1-15-4-3-5-17(12-15)14-26-23(29)27-19-10-11-31-20(19)21(28)25(22(27)24-26)13-16-6-8-18(30-2)9-7-16/h3-12H,13-14H2,1-2H3. The molecule has 156 valence electrons. The summed E-state index contributed by atoms with van der Waals surface area (Å²) in [5.74, 6) is 1.08. The van der Waals surface area contributed by atoms with Gasteiger partial charge in [0.25, 0.3) is 5.56 Å². The molecule has 2 aromatic carbocycles. The zero-order valence-corrected chi connectivity index (χ0v) is 17.9. The fraction of sp³-hybridized carbons (Fsp3) is 0.174. The number of nitrogens with zero attached hydrogens (tertiary/aromatic N) is 4. The Morgan fingerprint density at radius 2 is 1.81 bits per heavy atom. The second kappa shape index (κ2) is 7.55. The Labute approximate surface area is 181 Å². The normalized spacial score (nSPS) is 11.4. The van der Waals surface area contributed by atoms with Crippen LogP contribution in [0.15, 0.2) is 69.6 Å². The van der Waals surface area contributed by atoms with Crippen molar-refractivity contribution in [2.24, 2.45) is 0 Å². The summed E-state index contributed by atoms with van der Waals surface area (Å²) in [6.07, 6.45) is 0. The van der Waals surface area contributed by atoms with E-state index in [2.05, 4.69) is 5.10 Å². The number of methoxy groups -OCH3 is 1. The first-order valence-corrected chi connectivity index (χ1v) is 10.7. The number of aromatic nitrogens is 4. The maximum absolute atomic E-state index is 13.3. The third-order valence-electron chi connectivity index (χ3n) is 5.30. The van der Waals surface area contributed by atoms with Crippen molar-refractivity contribution in [1.82, 2.24) is 18.7 Å². The van der Waals surface area contributed by atoms with Crippen LogP contribution in [0.25, 0.3) is 16.0 Å². The highest BCUT2D eigenvalue weighted by atomic mass is 32.1. The van der Waals surface area contributed by atoms with Crippen LogP contribution in [0.1, 0.15) is 16.7 Å². The summed E-state index contributed by atoms with van der Waals surface area (Å²) in [7, 11) is 1.61. The van der Waals surface area contributed by atoms with Gasteiger partial charge >= 0.3 is 5.69 Å². The quantitative estimate of drug-likeness (QED) is 0.427. The number of hydrogen-bond donors (Lipinski definition) is 0. The van der Waals surface area contributed by atoms with Gasteiger partial charge in [-0.25, -0.2) is 13.9 Å².